The van der Waals surface area contributed by atoms with Crippen LogP contribution in [-0.4, -0.2) is 4.98 Å². The van der Waals surface area contributed by atoms with E-state index in [1.54, 1.807) is 0 Å². The smallest absolute Gasteiger partial charge is 0.0899 e. The van der Waals surface area contributed by atoms with Gasteiger partial charge in [-0.05, 0) is 36.8 Å². The van der Waals surface area contributed by atoms with Crippen molar-refractivity contribution in [3.05, 3.63) is 63.1 Å². The number of hydrogen-bond acceptors (Lipinski definition) is 1. The topological polar surface area (TPSA) is 12.9 Å². The van der Waals surface area contributed by atoms with Crippen molar-refractivity contribution in [3.63, 3.8) is 0 Å². The third kappa shape index (κ3) is 2.37. The molecular formula is C16H10Cl3N. The highest BCUT2D eigenvalue weighted by Crippen LogP contribution is 2.33. The molecule has 0 unspecified atom stereocenters. The summed E-state index contributed by atoms with van der Waals surface area (Å²) in [7, 11) is 0. The molecule has 3 rings (SSSR count). The summed E-state index contributed by atoms with van der Waals surface area (Å²) in [6, 6.07) is 13.4. The van der Waals surface area contributed by atoms with Crippen LogP contribution < -0.4 is 0 Å². The van der Waals surface area contributed by atoms with E-state index in [0.29, 0.717) is 15.1 Å². The highest BCUT2D eigenvalue weighted by molar-refractivity contribution is 6.39. The van der Waals surface area contributed by atoms with E-state index in [1.165, 1.54) is 0 Å². The minimum Gasteiger partial charge on any atom is -0.246 e. The van der Waals surface area contributed by atoms with Gasteiger partial charge < -0.3 is 0 Å². The van der Waals surface area contributed by atoms with Gasteiger partial charge in [0.15, 0.2) is 0 Å². The third-order valence-electron chi connectivity index (χ3n) is 3.22. The van der Waals surface area contributed by atoms with Gasteiger partial charge in [-0.25, -0.2) is 4.98 Å². The molecule has 0 N–H and O–H groups in total. The van der Waals surface area contributed by atoms with E-state index in [4.69, 9.17) is 34.8 Å². The molecule has 0 aliphatic rings. The molecule has 100 valence electrons. The SMILES string of the molecule is Cc1c(Cl)cc2ccc(-c3cccc(Cl)c3)nc2c1Cl. The van der Waals surface area contributed by atoms with E-state index >= 15 is 0 Å². The number of halogens is 3. The van der Waals surface area contributed by atoms with Gasteiger partial charge in [0.1, 0.15) is 0 Å². The first-order valence-electron chi connectivity index (χ1n) is 6.07. The Labute approximate surface area is 132 Å². The van der Waals surface area contributed by atoms with Crippen LogP contribution >= 0.6 is 34.8 Å². The fourth-order valence-corrected chi connectivity index (χ4v) is 2.80. The summed E-state index contributed by atoms with van der Waals surface area (Å²) in [6.45, 7) is 1.89. The quantitative estimate of drug-likeness (QED) is 0.522. The fraction of sp³-hybridized carbons (Fsp3) is 0.0625. The Hall–Kier alpha value is -1.28. The van der Waals surface area contributed by atoms with Gasteiger partial charge in [0.05, 0.1) is 16.2 Å². The van der Waals surface area contributed by atoms with Crippen LogP contribution in [0.2, 0.25) is 15.1 Å². The standard InChI is InChI=1S/C16H10Cl3N/c1-9-13(18)8-11-5-6-14(20-16(11)15(9)19)10-3-2-4-12(17)7-10/h2-8H,1H3. The molecule has 2 aromatic carbocycles. The number of rotatable bonds is 1. The molecule has 0 aliphatic heterocycles. The second-order valence-electron chi connectivity index (χ2n) is 4.58. The Bertz CT molecular complexity index is 812. The Morgan fingerprint density at radius 3 is 2.50 bits per heavy atom. The molecule has 0 saturated heterocycles. The zero-order valence-electron chi connectivity index (χ0n) is 10.6. The number of hydrogen-bond donors (Lipinski definition) is 0. The average Bonchev–Trinajstić information content (AvgIpc) is 2.45. The maximum absolute atomic E-state index is 6.35. The molecule has 0 amide bonds. The first-order chi connectivity index (χ1) is 9.56. The van der Waals surface area contributed by atoms with Crippen LogP contribution in [0.5, 0.6) is 0 Å². The van der Waals surface area contributed by atoms with Gasteiger partial charge in [0.2, 0.25) is 0 Å². The predicted octanol–water partition coefficient (Wildman–Crippen LogP) is 6.17. The van der Waals surface area contributed by atoms with E-state index < -0.39 is 0 Å². The molecule has 1 heterocycles. The van der Waals surface area contributed by atoms with E-state index in [2.05, 4.69) is 4.98 Å². The highest BCUT2D eigenvalue weighted by Gasteiger charge is 2.10. The lowest BCUT2D eigenvalue weighted by Crippen LogP contribution is -1.89. The van der Waals surface area contributed by atoms with Gasteiger partial charge in [0, 0.05) is 21.0 Å². The Balaban J connectivity index is 2.25. The molecule has 0 atom stereocenters. The summed E-state index contributed by atoms with van der Waals surface area (Å²) in [6.07, 6.45) is 0. The zero-order valence-corrected chi connectivity index (χ0v) is 12.9. The van der Waals surface area contributed by atoms with Crippen molar-refractivity contribution in [2.45, 2.75) is 6.92 Å². The second kappa shape index (κ2) is 5.25. The van der Waals surface area contributed by atoms with Crippen molar-refractivity contribution in [3.8, 4) is 11.3 Å². The maximum Gasteiger partial charge on any atom is 0.0899 e. The van der Waals surface area contributed by atoms with Gasteiger partial charge in [-0.1, -0.05) is 53.0 Å². The molecule has 0 saturated carbocycles. The van der Waals surface area contributed by atoms with E-state index in [9.17, 15) is 0 Å². The summed E-state index contributed by atoms with van der Waals surface area (Å²) >= 11 is 18.5. The Kier molecular flexibility index (Phi) is 3.59. The van der Waals surface area contributed by atoms with Crippen LogP contribution in [0, 0.1) is 6.92 Å². The molecule has 4 heteroatoms. The average molecular weight is 323 g/mol. The normalized spacial score (nSPS) is 11.0. The van der Waals surface area contributed by atoms with Gasteiger partial charge in [-0.15, -0.1) is 0 Å². The molecule has 0 radical (unpaired) electrons. The first-order valence-corrected chi connectivity index (χ1v) is 7.21. The van der Waals surface area contributed by atoms with Crippen LogP contribution in [-0.2, 0) is 0 Å². The molecule has 20 heavy (non-hydrogen) atoms. The first kappa shape index (κ1) is 13.7. The monoisotopic (exact) mass is 321 g/mol. The molecule has 0 aliphatic carbocycles. The number of nitrogens with zero attached hydrogens (tertiary/aromatic N) is 1. The number of fused-ring (bicyclic) bond motifs is 1. The van der Waals surface area contributed by atoms with Crippen molar-refractivity contribution >= 4 is 45.7 Å². The van der Waals surface area contributed by atoms with Gasteiger partial charge in [0.25, 0.3) is 0 Å². The van der Waals surface area contributed by atoms with Crippen molar-refractivity contribution in [1.29, 1.82) is 0 Å². The van der Waals surface area contributed by atoms with Crippen LogP contribution in [0.4, 0.5) is 0 Å². The fourth-order valence-electron chi connectivity index (χ4n) is 2.10. The van der Waals surface area contributed by atoms with Crippen molar-refractivity contribution in [1.82, 2.24) is 4.98 Å². The third-order valence-corrected chi connectivity index (χ3v) is 4.31. The lowest BCUT2D eigenvalue weighted by atomic mass is 10.1. The molecular weight excluding hydrogens is 313 g/mol. The van der Waals surface area contributed by atoms with Crippen molar-refractivity contribution in [2.75, 3.05) is 0 Å². The Morgan fingerprint density at radius 1 is 0.950 bits per heavy atom. The van der Waals surface area contributed by atoms with Gasteiger partial charge in [-0.2, -0.15) is 0 Å². The van der Waals surface area contributed by atoms with Crippen LogP contribution in [0.25, 0.3) is 22.2 Å². The summed E-state index contributed by atoms with van der Waals surface area (Å²) in [5, 5.41) is 2.86. The predicted molar refractivity (Wildman–Crippen MR) is 86.9 cm³/mol. The summed E-state index contributed by atoms with van der Waals surface area (Å²) < 4.78 is 0. The lowest BCUT2D eigenvalue weighted by Gasteiger charge is -2.08. The molecule has 0 fully saturated rings. The minimum absolute atomic E-state index is 0.594. The zero-order chi connectivity index (χ0) is 14.3. The van der Waals surface area contributed by atoms with Crippen molar-refractivity contribution < 1.29 is 0 Å². The Morgan fingerprint density at radius 2 is 1.75 bits per heavy atom. The number of aromatic nitrogens is 1. The highest BCUT2D eigenvalue weighted by atomic mass is 35.5. The maximum atomic E-state index is 6.35. The van der Waals surface area contributed by atoms with Crippen LogP contribution in [0.1, 0.15) is 5.56 Å². The minimum atomic E-state index is 0.594. The molecule has 0 spiro atoms. The van der Waals surface area contributed by atoms with E-state index in [0.717, 1.165) is 27.7 Å². The van der Waals surface area contributed by atoms with Gasteiger partial charge in [-0.3, -0.25) is 0 Å². The van der Waals surface area contributed by atoms with E-state index in [-0.39, 0.29) is 0 Å². The number of pyridine rings is 1. The summed E-state index contributed by atoms with van der Waals surface area (Å²) in [5.41, 5.74) is 3.40. The molecule has 3 aromatic rings. The van der Waals surface area contributed by atoms with Gasteiger partial charge >= 0.3 is 0 Å². The second-order valence-corrected chi connectivity index (χ2v) is 5.80. The molecule has 0 bridgehead atoms. The van der Waals surface area contributed by atoms with Crippen molar-refractivity contribution in [2.24, 2.45) is 0 Å². The molecule has 1 aromatic heterocycles. The summed E-state index contributed by atoms with van der Waals surface area (Å²) in [4.78, 5) is 4.64. The summed E-state index contributed by atoms with van der Waals surface area (Å²) in [5.74, 6) is 0. The molecule has 1 nitrogen and oxygen atoms in total. The number of benzene rings is 2. The largest absolute Gasteiger partial charge is 0.246 e. The van der Waals surface area contributed by atoms with E-state index in [1.807, 2.05) is 49.4 Å². The lowest BCUT2D eigenvalue weighted by molar-refractivity contribution is 1.38. The van der Waals surface area contributed by atoms with Crippen LogP contribution in [0.15, 0.2) is 42.5 Å². The van der Waals surface area contributed by atoms with Crippen LogP contribution in [0.3, 0.4) is 0 Å².